The Morgan fingerprint density at radius 1 is 0.611 bits per heavy atom. The molecule has 2 aromatic carbocycles. The maximum absolute atomic E-state index is 14.4. The fraction of sp³-hybridized carbons (Fsp3) is 0. The van der Waals surface area contributed by atoms with Crippen molar-refractivity contribution in [1.29, 1.82) is 0 Å². The Kier molecular flexibility index (Phi) is 5.12. The molecule has 0 aliphatic heterocycles. The molecule has 0 atom stereocenters. The average Bonchev–Trinajstić information content (AvgIpc) is 3.33. The standard InChI is InChI=1S/C22H12F2N2O8S2/c23-13-5-11(7-15(9-13)35(29,30)31)19-21-17(27)1-3-25(21)20(22-18(28)2-4-26(19)22)12-6-14(24)10-16(8-12)36(32,33)34/h1-10H,(H,29,30,31)(H,32,33,34). The lowest BCUT2D eigenvalue weighted by atomic mass is 10.1. The average molecular weight is 534 g/mol. The third kappa shape index (κ3) is 3.76. The molecule has 14 heteroatoms. The van der Waals surface area contributed by atoms with E-state index in [2.05, 4.69) is 0 Å². The van der Waals surface area contributed by atoms with Crippen LogP contribution in [0.2, 0.25) is 0 Å². The Morgan fingerprint density at radius 2 is 0.972 bits per heavy atom. The number of benzene rings is 2. The molecule has 0 radical (unpaired) electrons. The summed E-state index contributed by atoms with van der Waals surface area (Å²) in [7, 11) is -9.69. The normalized spacial score (nSPS) is 12.6. The predicted octanol–water partition coefficient (Wildman–Crippen LogP) is 2.46. The van der Waals surface area contributed by atoms with Crippen LogP contribution >= 0.6 is 0 Å². The number of aromatic nitrogens is 2. The molecule has 0 amide bonds. The molecule has 0 aliphatic carbocycles. The van der Waals surface area contributed by atoms with E-state index in [0.29, 0.717) is 12.1 Å². The largest absolute Gasteiger partial charge is 0.309 e. The summed E-state index contributed by atoms with van der Waals surface area (Å²) in [6.45, 7) is 0. The molecule has 0 saturated heterocycles. The van der Waals surface area contributed by atoms with E-state index in [0.717, 1.165) is 45.2 Å². The number of rotatable bonds is 4. The first-order chi connectivity index (χ1) is 16.8. The zero-order chi connectivity index (χ0) is 26.2. The van der Waals surface area contributed by atoms with E-state index in [4.69, 9.17) is 0 Å². The second kappa shape index (κ2) is 7.76. The van der Waals surface area contributed by atoms with Crippen LogP contribution in [0.5, 0.6) is 0 Å². The molecule has 5 rings (SSSR count). The monoisotopic (exact) mass is 534 g/mol. The van der Waals surface area contributed by atoms with E-state index in [1.54, 1.807) is 0 Å². The van der Waals surface area contributed by atoms with E-state index < -0.39 is 52.5 Å². The van der Waals surface area contributed by atoms with Crippen LogP contribution in [-0.2, 0) is 20.2 Å². The van der Waals surface area contributed by atoms with Gasteiger partial charge in [0.15, 0.2) is 0 Å². The van der Waals surface area contributed by atoms with E-state index in [1.165, 1.54) is 12.4 Å². The zero-order valence-corrected chi connectivity index (χ0v) is 19.2. The van der Waals surface area contributed by atoms with Crippen molar-refractivity contribution < 1.29 is 34.7 Å². The van der Waals surface area contributed by atoms with Gasteiger partial charge in [0.05, 0.1) is 21.2 Å². The molecule has 2 N–H and O–H groups in total. The molecule has 3 aromatic heterocycles. The van der Waals surface area contributed by atoms with Crippen LogP contribution in [-0.4, -0.2) is 34.7 Å². The van der Waals surface area contributed by atoms with Crippen molar-refractivity contribution in [3.8, 4) is 22.5 Å². The molecule has 5 aromatic rings. The fourth-order valence-electron chi connectivity index (χ4n) is 4.14. The minimum Gasteiger partial charge on any atom is -0.309 e. The minimum atomic E-state index is -4.85. The van der Waals surface area contributed by atoms with Gasteiger partial charge < -0.3 is 8.80 Å². The van der Waals surface area contributed by atoms with Gasteiger partial charge in [-0.3, -0.25) is 18.7 Å². The third-order valence-corrected chi connectivity index (χ3v) is 7.18. The summed E-state index contributed by atoms with van der Waals surface area (Å²) >= 11 is 0. The van der Waals surface area contributed by atoms with E-state index in [-0.39, 0.29) is 33.5 Å². The molecule has 36 heavy (non-hydrogen) atoms. The molecule has 0 fully saturated rings. The van der Waals surface area contributed by atoms with Gasteiger partial charge in [-0.25, -0.2) is 8.78 Å². The number of hydrogen-bond acceptors (Lipinski definition) is 6. The smallest absolute Gasteiger partial charge is 0.294 e. The Balaban J connectivity index is 2.00. The summed E-state index contributed by atoms with van der Waals surface area (Å²) < 4.78 is 96.5. The van der Waals surface area contributed by atoms with Crippen molar-refractivity contribution in [1.82, 2.24) is 8.80 Å². The van der Waals surface area contributed by atoms with Crippen LogP contribution < -0.4 is 10.9 Å². The van der Waals surface area contributed by atoms with E-state index >= 15 is 0 Å². The van der Waals surface area contributed by atoms with E-state index in [9.17, 15) is 44.3 Å². The topological polar surface area (TPSA) is 152 Å². The van der Waals surface area contributed by atoms with Gasteiger partial charge in [-0.05, 0) is 36.4 Å². The highest BCUT2D eigenvalue weighted by Gasteiger charge is 2.24. The molecule has 0 aliphatic rings. The Bertz CT molecular complexity index is 1920. The van der Waals surface area contributed by atoms with Crippen molar-refractivity contribution in [2.24, 2.45) is 0 Å². The van der Waals surface area contributed by atoms with E-state index in [1.807, 2.05) is 0 Å². The summed E-state index contributed by atoms with van der Waals surface area (Å²) in [5.41, 5.74) is -2.32. The first-order valence-corrected chi connectivity index (χ1v) is 12.7. The van der Waals surface area contributed by atoms with Gasteiger partial charge in [-0.1, -0.05) is 0 Å². The molecular formula is C22H12F2N2O8S2. The molecule has 0 spiro atoms. The van der Waals surface area contributed by atoms with Crippen molar-refractivity contribution in [3.05, 3.63) is 93.0 Å². The minimum absolute atomic E-state index is 0.123. The van der Waals surface area contributed by atoms with Gasteiger partial charge in [-0.2, -0.15) is 16.8 Å². The van der Waals surface area contributed by atoms with Crippen LogP contribution in [0.1, 0.15) is 0 Å². The molecule has 0 saturated carbocycles. The van der Waals surface area contributed by atoms with Crippen LogP contribution in [0.15, 0.2) is 80.3 Å². The Morgan fingerprint density at radius 3 is 1.31 bits per heavy atom. The highest BCUT2D eigenvalue weighted by Crippen LogP contribution is 2.34. The lowest BCUT2D eigenvalue weighted by Crippen LogP contribution is -2.11. The molecule has 0 unspecified atom stereocenters. The maximum Gasteiger partial charge on any atom is 0.294 e. The van der Waals surface area contributed by atoms with Gasteiger partial charge in [0.1, 0.15) is 22.7 Å². The van der Waals surface area contributed by atoms with Gasteiger partial charge >= 0.3 is 0 Å². The van der Waals surface area contributed by atoms with Crippen molar-refractivity contribution in [2.75, 3.05) is 0 Å². The van der Waals surface area contributed by atoms with Crippen LogP contribution in [0.4, 0.5) is 8.78 Å². The van der Waals surface area contributed by atoms with Crippen molar-refractivity contribution >= 4 is 31.3 Å². The van der Waals surface area contributed by atoms with Gasteiger partial charge in [0.2, 0.25) is 10.9 Å². The Labute approximate surface area is 200 Å². The lowest BCUT2D eigenvalue weighted by molar-refractivity contribution is 0.480. The lowest BCUT2D eigenvalue weighted by Gasteiger charge is -2.16. The number of nitrogens with zero attached hydrogens (tertiary/aromatic N) is 2. The van der Waals surface area contributed by atoms with Gasteiger partial charge in [-0.15, -0.1) is 0 Å². The highest BCUT2D eigenvalue weighted by atomic mass is 32.2. The first-order valence-electron chi connectivity index (χ1n) is 9.85. The summed E-state index contributed by atoms with van der Waals surface area (Å²) in [5.74, 6) is -2.13. The fourth-order valence-corrected chi connectivity index (χ4v) is 5.21. The molecule has 10 nitrogen and oxygen atoms in total. The summed E-state index contributed by atoms with van der Waals surface area (Å²) in [5, 5.41) is 0. The quantitative estimate of drug-likeness (QED) is 0.334. The summed E-state index contributed by atoms with van der Waals surface area (Å²) in [4.78, 5) is 24.2. The summed E-state index contributed by atoms with van der Waals surface area (Å²) in [6, 6.07) is 6.88. The van der Waals surface area contributed by atoms with Crippen LogP contribution in [0.25, 0.3) is 33.5 Å². The van der Waals surface area contributed by atoms with Crippen molar-refractivity contribution in [2.45, 2.75) is 9.79 Å². The first kappa shape index (κ1) is 23.7. The second-order valence-corrected chi connectivity index (χ2v) is 10.6. The molecule has 3 heterocycles. The number of fused-ring (bicyclic) bond motifs is 2. The molecule has 0 bridgehead atoms. The van der Waals surface area contributed by atoms with Gasteiger partial charge in [0, 0.05) is 35.7 Å². The zero-order valence-electron chi connectivity index (χ0n) is 17.6. The van der Waals surface area contributed by atoms with Gasteiger partial charge in [0.25, 0.3) is 20.2 Å². The number of halogens is 2. The second-order valence-electron chi connectivity index (χ2n) is 7.80. The Hall–Kier alpha value is -3.98. The summed E-state index contributed by atoms with van der Waals surface area (Å²) in [6.07, 6.45) is 2.42. The maximum atomic E-state index is 14.4. The SMILES string of the molecule is O=c1ccn2c(-c3cc(F)cc(S(=O)(=O)O)c3)c3c(=O)ccn3c(-c3cc(F)cc(S(=O)(=O)O)c3)c12. The van der Waals surface area contributed by atoms with Crippen molar-refractivity contribution in [3.63, 3.8) is 0 Å². The predicted molar refractivity (Wildman–Crippen MR) is 122 cm³/mol. The highest BCUT2D eigenvalue weighted by molar-refractivity contribution is 7.86. The third-order valence-electron chi connectivity index (χ3n) is 5.51. The molecular weight excluding hydrogens is 522 g/mol. The van der Waals surface area contributed by atoms with Crippen LogP contribution in [0.3, 0.4) is 0 Å². The number of hydrogen-bond donors (Lipinski definition) is 2. The van der Waals surface area contributed by atoms with Crippen LogP contribution in [0, 0.1) is 11.6 Å². The molecule has 184 valence electrons.